The van der Waals surface area contributed by atoms with Crippen LogP contribution in [0.25, 0.3) is 10.2 Å². The molecule has 1 heterocycles. The molecule has 130 valence electrons. The smallest absolute Gasteiger partial charge is 0.248 e. The number of fused-ring (bicyclic) bond motifs is 1. The number of carbonyl (C=O) groups excluding carboxylic acids is 1. The Bertz CT molecular complexity index is 961. The molecule has 3 aromatic rings. The quantitative estimate of drug-likeness (QED) is 0.662. The number of aromatic nitrogens is 1. The maximum Gasteiger partial charge on any atom is 0.248 e. The zero-order valence-corrected chi connectivity index (χ0v) is 14.7. The predicted octanol–water partition coefficient (Wildman–Crippen LogP) is 4.45. The van der Waals surface area contributed by atoms with Crippen LogP contribution in [0.2, 0.25) is 0 Å². The molecule has 0 atom stereocenters. The van der Waals surface area contributed by atoms with Gasteiger partial charge in [-0.05, 0) is 24.5 Å². The molecule has 0 radical (unpaired) electrons. The first-order chi connectivity index (χ1) is 12.1. The summed E-state index contributed by atoms with van der Waals surface area (Å²) >= 11 is 1.14. The van der Waals surface area contributed by atoms with E-state index in [-0.39, 0.29) is 12.3 Å². The lowest BCUT2D eigenvalue weighted by Gasteiger charge is -2.03. The van der Waals surface area contributed by atoms with E-state index < -0.39 is 11.6 Å². The number of benzene rings is 2. The Morgan fingerprint density at radius 3 is 2.68 bits per heavy atom. The summed E-state index contributed by atoms with van der Waals surface area (Å²) in [5, 5.41) is 0. The van der Waals surface area contributed by atoms with Crippen LogP contribution in [0.5, 0.6) is 0 Å². The van der Waals surface area contributed by atoms with Crippen molar-refractivity contribution in [3.05, 3.63) is 64.5 Å². The van der Waals surface area contributed by atoms with Crippen molar-refractivity contribution < 1.29 is 13.6 Å². The molecule has 25 heavy (non-hydrogen) atoms. The van der Waals surface area contributed by atoms with Crippen LogP contribution in [0, 0.1) is 11.6 Å². The molecule has 0 saturated carbocycles. The standard InChI is InChI=1S/C19H18F2N2OS/c1-2-10-23-18-15(21)11-14(20)12-16(18)25-19(23)22-17(24)9-8-13-6-4-3-5-7-13/h3-7,11-12H,2,8-10H2,1H3. The number of rotatable bonds is 5. The lowest BCUT2D eigenvalue weighted by atomic mass is 10.1. The van der Waals surface area contributed by atoms with E-state index in [4.69, 9.17) is 0 Å². The first-order valence-corrected chi connectivity index (χ1v) is 9.00. The van der Waals surface area contributed by atoms with E-state index in [9.17, 15) is 13.6 Å². The highest BCUT2D eigenvalue weighted by Crippen LogP contribution is 2.22. The fourth-order valence-corrected chi connectivity index (χ4v) is 3.82. The highest BCUT2D eigenvalue weighted by Gasteiger charge is 2.13. The van der Waals surface area contributed by atoms with Gasteiger partial charge < -0.3 is 4.57 Å². The van der Waals surface area contributed by atoms with Crippen LogP contribution >= 0.6 is 11.3 Å². The topological polar surface area (TPSA) is 34.4 Å². The molecule has 0 fully saturated rings. The van der Waals surface area contributed by atoms with Crippen LogP contribution < -0.4 is 4.80 Å². The second-order valence-electron chi connectivity index (χ2n) is 5.76. The van der Waals surface area contributed by atoms with Crippen molar-refractivity contribution in [3.8, 4) is 0 Å². The van der Waals surface area contributed by atoms with Gasteiger partial charge >= 0.3 is 0 Å². The van der Waals surface area contributed by atoms with E-state index in [0.717, 1.165) is 29.4 Å². The van der Waals surface area contributed by atoms with Crippen LogP contribution in [0.1, 0.15) is 25.3 Å². The molecule has 0 spiro atoms. The first-order valence-electron chi connectivity index (χ1n) is 8.18. The lowest BCUT2D eigenvalue weighted by Crippen LogP contribution is -2.17. The van der Waals surface area contributed by atoms with Crippen LogP contribution in [-0.2, 0) is 17.8 Å². The fraction of sp³-hybridized carbons (Fsp3) is 0.263. The molecule has 0 saturated heterocycles. The number of aryl methyl sites for hydroxylation is 2. The van der Waals surface area contributed by atoms with Gasteiger partial charge in [0.15, 0.2) is 10.6 Å². The predicted molar refractivity (Wildman–Crippen MR) is 95.4 cm³/mol. The molecule has 0 bridgehead atoms. The Labute approximate surface area is 148 Å². The zero-order chi connectivity index (χ0) is 17.8. The SMILES string of the molecule is CCCn1c(=NC(=O)CCc2ccccc2)sc2cc(F)cc(F)c21. The molecular weight excluding hydrogens is 342 g/mol. The van der Waals surface area contributed by atoms with E-state index >= 15 is 0 Å². The first kappa shape index (κ1) is 17.5. The molecule has 1 amide bonds. The van der Waals surface area contributed by atoms with Crippen LogP contribution in [-0.4, -0.2) is 10.5 Å². The second kappa shape index (κ2) is 7.70. The number of nitrogens with zero attached hydrogens (tertiary/aromatic N) is 2. The summed E-state index contributed by atoms with van der Waals surface area (Å²) in [7, 11) is 0. The van der Waals surface area contributed by atoms with Crippen molar-refractivity contribution in [3.63, 3.8) is 0 Å². The van der Waals surface area contributed by atoms with Gasteiger partial charge in [-0.25, -0.2) is 8.78 Å². The molecule has 0 unspecified atom stereocenters. The Kier molecular flexibility index (Phi) is 5.38. The maximum atomic E-state index is 14.2. The van der Waals surface area contributed by atoms with Crippen molar-refractivity contribution >= 4 is 27.5 Å². The van der Waals surface area contributed by atoms with Gasteiger partial charge in [-0.1, -0.05) is 48.6 Å². The third-order valence-corrected chi connectivity index (χ3v) is 4.86. The van der Waals surface area contributed by atoms with Crippen LogP contribution in [0.15, 0.2) is 47.5 Å². The second-order valence-corrected chi connectivity index (χ2v) is 6.77. The van der Waals surface area contributed by atoms with Gasteiger partial charge in [0, 0.05) is 19.0 Å². The summed E-state index contributed by atoms with van der Waals surface area (Å²) in [6, 6.07) is 11.8. The van der Waals surface area contributed by atoms with E-state index in [1.54, 1.807) is 4.57 Å². The number of thiazole rings is 1. The molecule has 3 rings (SSSR count). The number of halogens is 2. The molecule has 1 aromatic heterocycles. The minimum Gasteiger partial charge on any atom is -0.314 e. The van der Waals surface area contributed by atoms with Crippen molar-refractivity contribution in [1.29, 1.82) is 0 Å². The zero-order valence-electron chi connectivity index (χ0n) is 13.8. The lowest BCUT2D eigenvalue weighted by molar-refractivity contribution is -0.118. The molecule has 0 aliphatic heterocycles. The average Bonchev–Trinajstić information content (AvgIpc) is 2.91. The monoisotopic (exact) mass is 360 g/mol. The van der Waals surface area contributed by atoms with Crippen LogP contribution in [0.4, 0.5) is 8.78 Å². The molecule has 0 aliphatic carbocycles. The number of amides is 1. The van der Waals surface area contributed by atoms with E-state index in [2.05, 4.69) is 4.99 Å². The van der Waals surface area contributed by atoms with Gasteiger partial charge in [0.1, 0.15) is 5.82 Å². The van der Waals surface area contributed by atoms with E-state index in [0.29, 0.717) is 28.0 Å². The molecule has 0 aliphatic rings. The van der Waals surface area contributed by atoms with Crippen molar-refractivity contribution in [2.75, 3.05) is 0 Å². The molecule has 2 aromatic carbocycles. The minimum absolute atomic E-state index is 0.263. The Hall–Kier alpha value is -2.34. The maximum absolute atomic E-state index is 14.2. The van der Waals surface area contributed by atoms with Gasteiger partial charge in [0.25, 0.3) is 0 Å². The average molecular weight is 360 g/mol. The highest BCUT2D eigenvalue weighted by atomic mass is 32.1. The third-order valence-electron chi connectivity index (χ3n) is 3.83. The molecule has 6 heteroatoms. The van der Waals surface area contributed by atoms with Crippen molar-refractivity contribution in [2.24, 2.45) is 4.99 Å². The third kappa shape index (κ3) is 4.02. The summed E-state index contributed by atoms with van der Waals surface area (Å²) in [6.45, 7) is 2.48. The number of carbonyl (C=O) groups is 1. The minimum atomic E-state index is -0.628. The van der Waals surface area contributed by atoms with Crippen molar-refractivity contribution in [2.45, 2.75) is 32.7 Å². The van der Waals surface area contributed by atoms with E-state index in [1.807, 2.05) is 37.3 Å². The van der Waals surface area contributed by atoms with Gasteiger partial charge in [-0.3, -0.25) is 4.79 Å². The summed E-state index contributed by atoms with van der Waals surface area (Å²) in [5.74, 6) is -1.52. The largest absolute Gasteiger partial charge is 0.314 e. The van der Waals surface area contributed by atoms with Gasteiger partial charge in [-0.2, -0.15) is 4.99 Å². The summed E-state index contributed by atoms with van der Waals surface area (Å²) in [4.78, 5) is 16.8. The van der Waals surface area contributed by atoms with Gasteiger partial charge in [-0.15, -0.1) is 0 Å². The summed E-state index contributed by atoms with van der Waals surface area (Å²) in [6.07, 6.45) is 1.64. The van der Waals surface area contributed by atoms with Crippen LogP contribution in [0.3, 0.4) is 0 Å². The summed E-state index contributed by atoms with van der Waals surface area (Å²) < 4.78 is 29.7. The van der Waals surface area contributed by atoms with Gasteiger partial charge in [0.05, 0.1) is 10.2 Å². The van der Waals surface area contributed by atoms with E-state index in [1.165, 1.54) is 6.07 Å². The molecule has 3 nitrogen and oxygen atoms in total. The normalized spacial score (nSPS) is 12.0. The Balaban J connectivity index is 1.93. The highest BCUT2D eigenvalue weighted by molar-refractivity contribution is 7.16. The fourth-order valence-electron chi connectivity index (χ4n) is 2.70. The van der Waals surface area contributed by atoms with Crippen molar-refractivity contribution in [1.82, 2.24) is 4.57 Å². The molecular formula is C19H18F2N2OS. The summed E-state index contributed by atoms with van der Waals surface area (Å²) in [5.41, 5.74) is 1.37. The Morgan fingerprint density at radius 1 is 1.20 bits per heavy atom. The van der Waals surface area contributed by atoms with Gasteiger partial charge in [0.2, 0.25) is 5.91 Å². The Morgan fingerprint density at radius 2 is 1.96 bits per heavy atom. The number of hydrogen-bond acceptors (Lipinski definition) is 2. The molecule has 0 N–H and O–H groups in total. The number of hydrogen-bond donors (Lipinski definition) is 0.